The third-order valence-electron chi connectivity index (χ3n) is 9.87. The maximum Gasteiger partial charge on any atom is 0.472 e. The Balaban J connectivity index is 2.23. The number of benzene rings is 1. The van der Waals surface area contributed by atoms with Gasteiger partial charge in [-0.15, -0.1) is 0 Å². The molecule has 51 heavy (non-hydrogen) atoms. The van der Waals surface area contributed by atoms with Crippen LogP contribution in [-0.4, -0.2) is 44.0 Å². The van der Waals surface area contributed by atoms with Crippen molar-refractivity contribution in [2.45, 2.75) is 206 Å². The molecule has 7 nitrogen and oxygen atoms in total. The van der Waals surface area contributed by atoms with E-state index in [0.717, 1.165) is 24.8 Å². The molecular formula is C43H82NO6P. The predicted molar refractivity (Wildman–Crippen MR) is 216 cm³/mol. The number of rotatable bonds is 40. The molecule has 0 radical (unpaired) electrons. The van der Waals surface area contributed by atoms with Gasteiger partial charge < -0.3 is 20.1 Å². The molecule has 2 unspecified atom stereocenters. The van der Waals surface area contributed by atoms with Crippen molar-refractivity contribution in [2.75, 3.05) is 33.0 Å². The summed E-state index contributed by atoms with van der Waals surface area (Å²) in [7, 11) is -4.29. The summed E-state index contributed by atoms with van der Waals surface area (Å²) in [5.41, 5.74) is 6.98. The fraction of sp³-hybridized carbons (Fsp3) is 0.860. The largest absolute Gasteiger partial charge is 0.472 e. The van der Waals surface area contributed by atoms with E-state index >= 15 is 0 Å². The predicted octanol–water partition coefficient (Wildman–Crippen LogP) is 13.2. The maximum absolute atomic E-state index is 12.6. The summed E-state index contributed by atoms with van der Waals surface area (Å²) >= 11 is 0. The minimum absolute atomic E-state index is 0.0638. The lowest BCUT2D eigenvalue weighted by Gasteiger charge is -2.21. The van der Waals surface area contributed by atoms with Crippen LogP contribution in [0.15, 0.2) is 30.3 Å². The van der Waals surface area contributed by atoms with E-state index in [4.69, 9.17) is 24.3 Å². The summed E-state index contributed by atoms with van der Waals surface area (Å²) in [5.74, 6) is 0. The van der Waals surface area contributed by atoms with Crippen molar-refractivity contribution >= 4 is 7.82 Å². The molecule has 8 heteroatoms. The van der Waals surface area contributed by atoms with Crippen molar-refractivity contribution in [3.63, 3.8) is 0 Å². The highest BCUT2D eigenvalue weighted by molar-refractivity contribution is 7.47. The monoisotopic (exact) mass is 740 g/mol. The van der Waals surface area contributed by atoms with E-state index in [9.17, 15) is 9.46 Å². The molecule has 300 valence electrons. The fourth-order valence-corrected chi connectivity index (χ4v) is 7.27. The summed E-state index contributed by atoms with van der Waals surface area (Å²) in [6.07, 6.45) is 36.5. The number of phosphoric ester groups is 1. The van der Waals surface area contributed by atoms with E-state index in [-0.39, 0.29) is 13.2 Å². The summed E-state index contributed by atoms with van der Waals surface area (Å²) in [6, 6.07) is 8.88. The Bertz CT molecular complexity index is 891. The van der Waals surface area contributed by atoms with Crippen LogP contribution in [0, 0.1) is 0 Å². The highest BCUT2D eigenvalue weighted by Crippen LogP contribution is 2.44. The van der Waals surface area contributed by atoms with Crippen molar-refractivity contribution in [1.29, 1.82) is 0 Å². The zero-order valence-electron chi connectivity index (χ0n) is 33.4. The number of hydrogen-bond donors (Lipinski definition) is 2. The fourth-order valence-electron chi connectivity index (χ4n) is 6.49. The van der Waals surface area contributed by atoms with Gasteiger partial charge in [-0.05, 0) is 18.4 Å². The second-order valence-electron chi connectivity index (χ2n) is 14.8. The molecule has 0 aliphatic heterocycles. The molecule has 1 aromatic rings. The molecule has 0 aromatic heterocycles. The zero-order valence-corrected chi connectivity index (χ0v) is 34.3. The van der Waals surface area contributed by atoms with Crippen LogP contribution in [0.25, 0.3) is 0 Å². The van der Waals surface area contributed by atoms with Gasteiger partial charge in [0.15, 0.2) is 0 Å². The van der Waals surface area contributed by atoms with Crippen LogP contribution in [0.1, 0.15) is 205 Å². The van der Waals surface area contributed by atoms with Gasteiger partial charge in [-0.1, -0.05) is 211 Å². The minimum Gasteiger partial charge on any atom is -0.379 e. The number of unbranched alkanes of at least 4 members (excludes halogenated alkanes) is 26. The van der Waals surface area contributed by atoms with Crippen LogP contribution in [0.5, 0.6) is 0 Å². The van der Waals surface area contributed by atoms with Gasteiger partial charge in [-0.2, -0.15) is 0 Å². The maximum atomic E-state index is 12.6. The number of nitrogens with two attached hydrogens (primary N) is 1. The summed E-state index contributed by atoms with van der Waals surface area (Å²) in [6.45, 7) is 5.96. The lowest BCUT2D eigenvalue weighted by molar-refractivity contribution is -0.0445. The lowest BCUT2D eigenvalue weighted by atomic mass is 10.0. The molecule has 0 heterocycles. The highest BCUT2D eigenvalue weighted by atomic mass is 31.2. The highest BCUT2D eigenvalue weighted by Gasteiger charge is 2.25. The van der Waals surface area contributed by atoms with Gasteiger partial charge in [-0.3, -0.25) is 9.05 Å². The second kappa shape index (κ2) is 36.2. The van der Waals surface area contributed by atoms with E-state index < -0.39 is 20.0 Å². The molecule has 0 bridgehead atoms. The Hall–Kier alpha value is -0.790. The first kappa shape index (κ1) is 48.2. The summed E-state index contributed by atoms with van der Waals surface area (Å²) in [5, 5.41) is 0. The van der Waals surface area contributed by atoms with Gasteiger partial charge in [0.25, 0.3) is 0 Å². The normalized spacial score (nSPS) is 14.1. The smallest absolute Gasteiger partial charge is 0.379 e. The van der Waals surface area contributed by atoms with Gasteiger partial charge in [0.1, 0.15) is 6.10 Å². The zero-order chi connectivity index (χ0) is 36.9. The third-order valence-corrected chi connectivity index (χ3v) is 10.8. The average molecular weight is 740 g/mol. The van der Waals surface area contributed by atoms with Crippen LogP contribution < -0.4 is 5.73 Å². The molecule has 0 spiro atoms. The molecule has 1 rings (SSSR count). The Kier molecular flexibility index (Phi) is 34.2. The third kappa shape index (κ3) is 32.4. The van der Waals surface area contributed by atoms with E-state index in [0.29, 0.717) is 19.8 Å². The first-order valence-electron chi connectivity index (χ1n) is 21.6. The topological polar surface area (TPSA) is 100 Å². The van der Waals surface area contributed by atoms with E-state index in [1.807, 2.05) is 30.3 Å². The van der Waals surface area contributed by atoms with Gasteiger partial charge in [0, 0.05) is 13.2 Å². The van der Waals surface area contributed by atoms with Gasteiger partial charge in [0.05, 0.1) is 25.9 Å². The van der Waals surface area contributed by atoms with Crippen molar-refractivity contribution in [1.82, 2.24) is 0 Å². The first-order valence-corrected chi connectivity index (χ1v) is 23.1. The van der Waals surface area contributed by atoms with E-state index in [1.165, 1.54) is 161 Å². The molecular weight excluding hydrogens is 657 g/mol. The average Bonchev–Trinajstić information content (AvgIpc) is 3.14. The quantitative estimate of drug-likeness (QED) is 0.0510. The Labute approximate surface area is 315 Å². The van der Waals surface area contributed by atoms with Crippen molar-refractivity contribution in [2.24, 2.45) is 5.73 Å². The molecule has 0 saturated carbocycles. The number of ether oxygens (including phenoxy) is 2. The SMILES string of the molecule is CCCCCCCCCCCCCCCCOC[C@H](COP(=O)(O)OCC(N)c1ccccc1)OCCCCCCCCCCCCCCCC. The van der Waals surface area contributed by atoms with Crippen LogP contribution in [0.2, 0.25) is 0 Å². The molecule has 0 aliphatic rings. The standard InChI is InChI=1S/C43H82NO6P/c1-3-5-7-9-11-13-15-17-19-21-23-25-27-32-36-47-38-42(39-49-51(45,46)50-40-43(44)41-34-30-29-31-35-41)48-37-33-28-26-24-22-20-18-16-14-12-10-8-6-4-2/h29-31,34-35,42-43H,3-28,32-33,36-40,44H2,1-2H3,(H,45,46)/t42-,43?/m1/s1. The van der Waals surface area contributed by atoms with E-state index in [1.54, 1.807) is 0 Å². The number of phosphoric acid groups is 1. The molecule has 0 amide bonds. The van der Waals surface area contributed by atoms with Crippen molar-refractivity contribution in [3.8, 4) is 0 Å². The van der Waals surface area contributed by atoms with Gasteiger partial charge >= 0.3 is 7.82 Å². The molecule has 3 atom stereocenters. The second-order valence-corrected chi connectivity index (χ2v) is 16.3. The molecule has 0 fully saturated rings. The number of hydrogen-bond acceptors (Lipinski definition) is 6. The molecule has 1 aromatic carbocycles. The molecule has 0 aliphatic carbocycles. The van der Waals surface area contributed by atoms with Crippen LogP contribution in [0.4, 0.5) is 0 Å². The molecule has 0 saturated heterocycles. The Morgan fingerprint density at radius 2 is 0.902 bits per heavy atom. The summed E-state index contributed by atoms with van der Waals surface area (Å²) in [4.78, 5) is 10.3. The minimum atomic E-state index is -4.29. The van der Waals surface area contributed by atoms with Crippen molar-refractivity contribution in [3.05, 3.63) is 35.9 Å². The first-order chi connectivity index (χ1) is 25.0. The molecule has 3 N–H and O–H groups in total. The van der Waals surface area contributed by atoms with Crippen LogP contribution in [-0.2, 0) is 23.1 Å². The van der Waals surface area contributed by atoms with Gasteiger partial charge in [0.2, 0.25) is 0 Å². The van der Waals surface area contributed by atoms with Gasteiger partial charge in [-0.25, -0.2) is 4.57 Å². The van der Waals surface area contributed by atoms with Crippen LogP contribution in [0.3, 0.4) is 0 Å². The van der Waals surface area contributed by atoms with Crippen molar-refractivity contribution < 1.29 is 28.0 Å². The Morgan fingerprint density at radius 3 is 1.33 bits per heavy atom. The van der Waals surface area contributed by atoms with Crippen LogP contribution >= 0.6 is 7.82 Å². The Morgan fingerprint density at radius 1 is 0.529 bits per heavy atom. The lowest BCUT2D eigenvalue weighted by Crippen LogP contribution is -2.26. The van der Waals surface area contributed by atoms with E-state index in [2.05, 4.69) is 13.8 Å². The summed E-state index contributed by atoms with van der Waals surface area (Å²) < 4.78 is 35.3.